The van der Waals surface area contributed by atoms with E-state index in [0.717, 1.165) is 36.6 Å². The lowest BCUT2D eigenvalue weighted by Crippen LogP contribution is -2.31. The lowest BCUT2D eigenvalue weighted by Gasteiger charge is -2.28. The summed E-state index contributed by atoms with van der Waals surface area (Å²) in [7, 11) is 1.93. The lowest BCUT2D eigenvalue weighted by atomic mass is 10.1. The van der Waals surface area contributed by atoms with E-state index in [2.05, 4.69) is 31.3 Å². The Morgan fingerprint density at radius 2 is 2.00 bits per heavy atom. The van der Waals surface area contributed by atoms with Crippen LogP contribution in [0.15, 0.2) is 43.0 Å². The molecule has 0 spiro atoms. The first-order valence-corrected chi connectivity index (χ1v) is 9.42. The van der Waals surface area contributed by atoms with Gasteiger partial charge in [0.05, 0.1) is 17.4 Å². The van der Waals surface area contributed by atoms with Gasteiger partial charge in [0, 0.05) is 38.4 Å². The van der Waals surface area contributed by atoms with Gasteiger partial charge in [-0.15, -0.1) is 0 Å². The fraction of sp³-hybridized carbons (Fsp3) is 0.400. The highest BCUT2D eigenvalue weighted by atomic mass is 15.3. The summed E-state index contributed by atoms with van der Waals surface area (Å²) in [5, 5.41) is 7.70. The van der Waals surface area contributed by atoms with E-state index in [0.29, 0.717) is 5.95 Å². The molecular formula is C20H25N7. The number of nitrogens with zero attached hydrogens (tertiary/aromatic N) is 6. The maximum atomic E-state index is 4.75. The quantitative estimate of drug-likeness (QED) is 0.726. The van der Waals surface area contributed by atoms with E-state index in [1.54, 1.807) is 6.20 Å². The molecule has 0 aliphatic carbocycles. The Bertz CT molecular complexity index is 884. The molecule has 3 aromatic rings. The number of hydrogen-bond acceptors (Lipinski definition) is 6. The predicted octanol–water partition coefficient (Wildman–Crippen LogP) is 2.83. The fourth-order valence-corrected chi connectivity index (χ4v) is 3.66. The molecule has 4 heterocycles. The number of likely N-dealkylation sites (tertiary alicyclic amines) is 1. The summed E-state index contributed by atoms with van der Waals surface area (Å²) in [6, 6.07) is 6.39. The Morgan fingerprint density at radius 1 is 1.15 bits per heavy atom. The van der Waals surface area contributed by atoms with E-state index in [1.807, 2.05) is 49.4 Å². The Balaban J connectivity index is 1.55. The van der Waals surface area contributed by atoms with Crippen LogP contribution in [-0.2, 0) is 7.05 Å². The maximum Gasteiger partial charge on any atom is 0.223 e. The zero-order valence-corrected chi connectivity index (χ0v) is 15.8. The van der Waals surface area contributed by atoms with Gasteiger partial charge in [-0.2, -0.15) is 5.10 Å². The standard InChI is InChI=1S/C20H25N7/c1-15-12-22-20(25-19(15)17-7-9-24-26(17)2)23-14-18(27-10-3-4-11-27)16-6-5-8-21-13-16/h5-9,12-13,18H,3-4,10-11,14H2,1-2H3,(H,22,23,25)/t18-/m0/s1. The van der Waals surface area contributed by atoms with Crippen LogP contribution in [0.2, 0.25) is 0 Å². The number of rotatable bonds is 6. The largest absolute Gasteiger partial charge is 0.352 e. The molecule has 140 valence electrons. The Hall–Kier alpha value is -2.80. The summed E-state index contributed by atoms with van der Waals surface area (Å²) >= 11 is 0. The molecule has 0 radical (unpaired) electrons. The number of pyridine rings is 1. The van der Waals surface area contributed by atoms with Crippen LogP contribution in [0.4, 0.5) is 5.95 Å². The van der Waals surface area contributed by atoms with Gasteiger partial charge in [0.15, 0.2) is 0 Å². The first kappa shape index (κ1) is 17.6. The molecule has 7 heteroatoms. The highest BCUT2D eigenvalue weighted by Gasteiger charge is 2.24. The molecule has 27 heavy (non-hydrogen) atoms. The fourth-order valence-electron chi connectivity index (χ4n) is 3.66. The van der Waals surface area contributed by atoms with Crippen LogP contribution < -0.4 is 5.32 Å². The first-order chi connectivity index (χ1) is 13.2. The van der Waals surface area contributed by atoms with E-state index >= 15 is 0 Å². The van der Waals surface area contributed by atoms with Gasteiger partial charge in [-0.1, -0.05) is 6.07 Å². The molecule has 0 saturated carbocycles. The van der Waals surface area contributed by atoms with Crippen molar-refractivity contribution in [3.8, 4) is 11.4 Å². The van der Waals surface area contributed by atoms with Crippen molar-refractivity contribution in [3.05, 3.63) is 54.1 Å². The van der Waals surface area contributed by atoms with Gasteiger partial charge < -0.3 is 5.32 Å². The lowest BCUT2D eigenvalue weighted by molar-refractivity contribution is 0.255. The zero-order valence-electron chi connectivity index (χ0n) is 15.8. The Kier molecular flexibility index (Phi) is 5.11. The van der Waals surface area contributed by atoms with Crippen LogP contribution >= 0.6 is 0 Å². The predicted molar refractivity (Wildman–Crippen MR) is 105 cm³/mol. The Morgan fingerprint density at radius 3 is 2.70 bits per heavy atom. The van der Waals surface area contributed by atoms with Gasteiger partial charge in [-0.05, 0) is 56.1 Å². The second-order valence-corrected chi connectivity index (χ2v) is 6.99. The van der Waals surface area contributed by atoms with E-state index < -0.39 is 0 Å². The van der Waals surface area contributed by atoms with Crippen LogP contribution in [0.25, 0.3) is 11.4 Å². The molecule has 0 aromatic carbocycles. The number of anilines is 1. The van der Waals surface area contributed by atoms with Crippen LogP contribution in [-0.4, -0.2) is 49.3 Å². The second kappa shape index (κ2) is 7.84. The molecule has 1 aliphatic heterocycles. The van der Waals surface area contributed by atoms with Crippen molar-refractivity contribution in [1.82, 2.24) is 29.6 Å². The third-order valence-corrected chi connectivity index (χ3v) is 5.14. The minimum Gasteiger partial charge on any atom is -0.352 e. The van der Waals surface area contributed by atoms with Gasteiger partial charge in [0.2, 0.25) is 5.95 Å². The van der Waals surface area contributed by atoms with Gasteiger partial charge in [0.1, 0.15) is 0 Å². The molecule has 7 nitrogen and oxygen atoms in total. The summed E-state index contributed by atoms with van der Waals surface area (Å²) in [5.74, 6) is 0.643. The minimum absolute atomic E-state index is 0.270. The highest BCUT2D eigenvalue weighted by molar-refractivity contribution is 5.59. The molecule has 0 bridgehead atoms. The molecule has 1 atom stereocenters. The van der Waals surface area contributed by atoms with Crippen molar-refractivity contribution >= 4 is 5.95 Å². The van der Waals surface area contributed by atoms with Crippen LogP contribution in [0, 0.1) is 6.92 Å². The average molecular weight is 363 g/mol. The number of aryl methyl sites for hydroxylation is 2. The normalized spacial score (nSPS) is 15.8. The highest BCUT2D eigenvalue weighted by Crippen LogP contribution is 2.25. The van der Waals surface area contributed by atoms with E-state index in [9.17, 15) is 0 Å². The van der Waals surface area contributed by atoms with Crippen molar-refractivity contribution in [2.45, 2.75) is 25.8 Å². The molecule has 1 N–H and O–H groups in total. The van der Waals surface area contributed by atoms with Crippen molar-refractivity contribution in [3.63, 3.8) is 0 Å². The molecule has 1 saturated heterocycles. The van der Waals surface area contributed by atoms with Crippen LogP contribution in [0.3, 0.4) is 0 Å². The maximum absolute atomic E-state index is 4.75. The summed E-state index contributed by atoms with van der Waals surface area (Å²) in [5.41, 5.74) is 4.16. The number of nitrogens with one attached hydrogen (secondary N) is 1. The molecule has 1 fully saturated rings. The van der Waals surface area contributed by atoms with Gasteiger partial charge in [0.25, 0.3) is 0 Å². The topological polar surface area (TPSA) is 71.8 Å². The SMILES string of the molecule is Cc1cnc(NC[C@@H](c2cccnc2)N2CCCC2)nc1-c1ccnn1C. The molecule has 1 aliphatic rings. The van der Waals surface area contributed by atoms with Gasteiger partial charge in [-0.3, -0.25) is 14.6 Å². The minimum atomic E-state index is 0.270. The van der Waals surface area contributed by atoms with Crippen molar-refractivity contribution < 1.29 is 0 Å². The van der Waals surface area contributed by atoms with E-state index in [-0.39, 0.29) is 6.04 Å². The van der Waals surface area contributed by atoms with Crippen LogP contribution in [0.1, 0.15) is 30.0 Å². The molecule has 0 unspecified atom stereocenters. The van der Waals surface area contributed by atoms with E-state index in [4.69, 9.17) is 4.98 Å². The van der Waals surface area contributed by atoms with Crippen molar-refractivity contribution in [2.75, 3.05) is 25.0 Å². The molecule has 0 amide bonds. The smallest absolute Gasteiger partial charge is 0.223 e. The number of hydrogen-bond donors (Lipinski definition) is 1. The van der Waals surface area contributed by atoms with Gasteiger partial charge >= 0.3 is 0 Å². The Labute approximate surface area is 159 Å². The van der Waals surface area contributed by atoms with Gasteiger partial charge in [-0.25, -0.2) is 9.97 Å². The van der Waals surface area contributed by atoms with E-state index in [1.165, 1.54) is 18.4 Å². The third-order valence-electron chi connectivity index (χ3n) is 5.14. The molecule has 4 rings (SSSR count). The first-order valence-electron chi connectivity index (χ1n) is 9.42. The summed E-state index contributed by atoms with van der Waals surface area (Å²) in [6.07, 6.45) is 9.94. The van der Waals surface area contributed by atoms with Crippen LogP contribution in [0.5, 0.6) is 0 Å². The molecular weight excluding hydrogens is 338 g/mol. The second-order valence-electron chi connectivity index (χ2n) is 6.99. The van der Waals surface area contributed by atoms with Crippen molar-refractivity contribution in [1.29, 1.82) is 0 Å². The molecule has 3 aromatic heterocycles. The summed E-state index contributed by atoms with van der Waals surface area (Å²) in [6.45, 7) is 5.01. The monoisotopic (exact) mass is 363 g/mol. The third kappa shape index (κ3) is 3.83. The van der Waals surface area contributed by atoms with Crippen molar-refractivity contribution in [2.24, 2.45) is 7.05 Å². The number of aromatic nitrogens is 5. The average Bonchev–Trinajstić information content (AvgIpc) is 3.36. The summed E-state index contributed by atoms with van der Waals surface area (Å²) in [4.78, 5) is 16.1. The zero-order chi connectivity index (χ0) is 18.6. The summed E-state index contributed by atoms with van der Waals surface area (Å²) < 4.78 is 1.84.